The van der Waals surface area contributed by atoms with Gasteiger partial charge in [-0.1, -0.05) is 13.3 Å². The predicted octanol–water partition coefficient (Wildman–Crippen LogP) is 2.81. The molecule has 0 spiro atoms. The van der Waals surface area contributed by atoms with Crippen LogP contribution in [0.15, 0.2) is 24.3 Å². The Labute approximate surface area is 129 Å². The van der Waals surface area contributed by atoms with Crippen LogP contribution < -0.4 is 10.1 Å². The van der Waals surface area contributed by atoms with Crippen molar-refractivity contribution in [1.82, 2.24) is 5.32 Å². The molecule has 0 radical (unpaired) electrons. The van der Waals surface area contributed by atoms with Crippen LogP contribution in [0.25, 0.3) is 0 Å². The first kappa shape index (κ1) is 17.4. The molecule has 0 bridgehead atoms. The van der Waals surface area contributed by atoms with Crippen molar-refractivity contribution in [2.75, 3.05) is 18.9 Å². The predicted molar refractivity (Wildman–Crippen MR) is 83.4 cm³/mol. The van der Waals surface area contributed by atoms with E-state index in [4.69, 9.17) is 8.92 Å². The number of ether oxygens (including phenoxy) is 1. The summed E-state index contributed by atoms with van der Waals surface area (Å²) in [6, 6.07) is 7.04. The highest BCUT2D eigenvalue weighted by molar-refractivity contribution is 7.95. The molecule has 0 atom stereocenters. The average molecular weight is 311 g/mol. The fourth-order valence-corrected chi connectivity index (χ4v) is 1.90. The second kappa shape index (κ2) is 10.1. The Kier molecular flexibility index (Phi) is 8.35. The summed E-state index contributed by atoms with van der Waals surface area (Å²) in [5.41, 5.74) is 0.579. The number of nitrogens with one attached hydrogen (secondary N) is 1. The maximum Gasteiger partial charge on any atom is 0.314 e. The molecule has 0 heterocycles. The third kappa shape index (κ3) is 7.60. The second-order valence-electron chi connectivity index (χ2n) is 4.38. The fraction of sp³-hybridized carbons (Fsp3) is 0.467. The number of unbranched alkanes of at least 4 members (excludes halogenated alkanes) is 1. The summed E-state index contributed by atoms with van der Waals surface area (Å²) in [5.74, 6) is 0.790. The number of rotatable bonds is 9. The summed E-state index contributed by atoms with van der Waals surface area (Å²) >= 11 is 1.03. The summed E-state index contributed by atoms with van der Waals surface area (Å²) < 4.78 is 10.2. The molecule has 0 aromatic heterocycles. The van der Waals surface area contributed by atoms with Gasteiger partial charge in [-0.25, -0.2) is 0 Å². The molecule has 1 N–H and O–H groups in total. The van der Waals surface area contributed by atoms with E-state index in [2.05, 4.69) is 12.2 Å². The summed E-state index contributed by atoms with van der Waals surface area (Å²) in [6.45, 7) is 4.58. The molecule has 0 aliphatic rings. The van der Waals surface area contributed by atoms with Gasteiger partial charge in [-0.2, -0.15) is 0 Å². The molecule has 6 heteroatoms. The van der Waals surface area contributed by atoms with Crippen LogP contribution >= 0.6 is 12.0 Å². The smallest absolute Gasteiger partial charge is 0.314 e. The number of benzene rings is 1. The average Bonchev–Trinajstić information content (AvgIpc) is 2.47. The Bertz CT molecular complexity index is 447. The van der Waals surface area contributed by atoms with E-state index < -0.39 is 0 Å². The lowest BCUT2D eigenvalue weighted by Gasteiger charge is -2.07. The largest absolute Gasteiger partial charge is 0.494 e. The Balaban J connectivity index is 2.29. The number of amides is 1. The van der Waals surface area contributed by atoms with Crippen LogP contribution in [-0.2, 0) is 8.98 Å². The van der Waals surface area contributed by atoms with Crippen molar-refractivity contribution in [3.63, 3.8) is 0 Å². The van der Waals surface area contributed by atoms with E-state index >= 15 is 0 Å². The van der Waals surface area contributed by atoms with E-state index in [1.54, 1.807) is 24.3 Å². The second-order valence-corrected chi connectivity index (χ2v) is 5.19. The third-order valence-corrected chi connectivity index (χ3v) is 3.25. The van der Waals surface area contributed by atoms with Gasteiger partial charge in [-0.3, -0.25) is 9.59 Å². The van der Waals surface area contributed by atoms with Crippen LogP contribution in [0.2, 0.25) is 0 Å². The van der Waals surface area contributed by atoms with Gasteiger partial charge < -0.3 is 14.2 Å². The van der Waals surface area contributed by atoms with E-state index in [9.17, 15) is 9.59 Å². The topological polar surface area (TPSA) is 64.6 Å². The van der Waals surface area contributed by atoms with Gasteiger partial charge >= 0.3 is 5.97 Å². The van der Waals surface area contributed by atoms with Crippen LogP contribution in [0.3, 0.4) is 0 Å². The minimum absolute atomic E-state index is 0.154. The highest BCUT2D eigenvalue weighted by atomic mass is 32.2. The zero-order valence-electron chi connectivity index (χ0n) is 12.4. The lowest BCUT2D eigenvalue weighted by molar-refractivity contribution is -0.130. The van der Waals surface area contributed by atoms with Gasteiger partial charge in [0, 0.05) is 24.8 Å². The first-order chi connectivity index (χ1) is 10.1. The molecule has 116 valence electrons. The Morgan fingerprint density at radius 3 is 2.57 bits per heavy atom. The molecular weight excluding hydrogens is 290 g/mol. The Morgan fingerprint density at radius 2 is 1.95 bits per heavy atom. The summed E-state index contributed by atoms with van der Waals surface area (Å²) in [6.07, 6.45) is 2.11. The van der Waals surface area contributed by atoms with Gasteiger partial charge in [0.15, 0.2) is 0 Å². The number of hydrogen-bond donors (Lipinski definition) is 1. The van der Waals surface area contributed by atoms with Crippen LogP contribution in [0.4, 0.5) is 0 Å². The van der Waals surface area contributed by atoms with Crippen molar-refractivity contribution in [3.05, 3.63) is 29.8 Å². The fourth-order valence-electron chi connectivity index (χ4n) is 1.47. The molecule has 0 aliphatic carbocycles. The van der Waals surface area contributed by atoms with Gasteiger partial charge in [0.2, 0.25) is 0 Å². The monoisotopic (exact) mass is 311 g/mol. The Hall–Kier alpha value is -1.69. The highest BCUT2D eigenvalue weighted by Crippen LogP contribution is 2.12. The molecule has 0 saturated heterocycles. The molecule has 0 aliphatic heterocycles. The summed E-state index contributed by atoms with van der Waals surface area (Å²) in [5, 5.41) is 2.75. The molecule has 1 rings (SSSR count). The molecule has 0 fully saturated rings. The minimum atomic E-state index is -0.343. The van der Waals surface area contributed by atoms with Crippen molar-refractivity contribution in [1.29, 1.82) is 0 Å². The standard InChI is InChI=1S/C15H21NO4S/c1-3-4-10-19-14-7-5-13(6-8-14)15(18)16-9-11-21-20-12(2)17/h5-8H,3-4,9-11H2,1-2H3,(H,16,18). The summed E-state index contributed by atoms with van der Waals surface area (Å²) in [4.78, 5) is 22.4. The highest BCUT2D eigenvalue weighted by Gasteiger charge is 2.05. The van der Waals surface area contributed by atoms with Crippen molar-refractivity contribution >= 4 is 23.9 Å². The number of carbonyl (C=O) groups excluding carboxylic acids is 2. The maximum atomic E-state index is 11.8. The molecule has 1 amide bonds. The van der Waals surface area contributed by atoms with Crippen LogP contribution in [0.1, 0.15) is 37.0 Å². The van der Waals surface area contributed by atoms with Crippen LogP contribution in [-0.4, -0.2) is 30.8 Å². The number of carbonyl (C=O) groups is 2. The van der Waals surface area contributed by atoms with Crippen LogP contribution in [0, 0.1) is 0 Å². The maximum absolute atomic E-state index is 11.8. The molecule has 0 unspecified atom stereocenters. The van der Waals surface area contributed by atoms with Gasteiger partial charge in [0.25, 0.3) is 5.91 Å². The Morgan fingerprint density at radius 1 is 1.24 bits per heavy atom. The zero-order valence-corrected chi connectivity index (χ0v) is 13.2. The first-order valence-electron chi connectivity index (χ1n) is 6.94. The minimum Gasteiger partial charge on any atom is -0.494 e. The SMILES string of the molecule is CCCCOc1ccc(C(=O)NCCSOC(C)=O)cc1. The van der Waals surface area contributed by atoms with Crippen LogP contribution in [0.5, 0.6) is 5.75 Å². The summed E-state index contributed by atoms with van der Waals surface area (Å²) in [7, 11) is 0. The lowest BCUT2D eigenvalue weighted by Crippen LogP contribution is -2.25. The van der Waals surface area contributed by atoms with Crippen molar-refractivity contribution in [2.45, 2.75) is 26.7 Å². The molecule has 1 aromatic rings. The zero-order chi connectivity index (χ0) is 15.5. The van der Waals surface area contributed by atoms with Gasteiger partial charge in [0.1, 0.15) is 5.75 Å². The van der Waals surface area contributed by atoms with E-state index in [1.165, 1.54) is 6.92 Å². The molecule has 0 saturated carbocycles. The van der Waals surface area contributed by atoms with Gasteiger partial charge in [-0.15, -0.1) is 0 Å². The molecule has 1 aromatic carbocycles. The number of hydrogen-bond acceptors (Lipinski definition) is 5. The third-order valence-electron chi connectivity index (χ3n) is 2.53. The van der Waals surface area contributed by atoms with E-state index in [-0.39, 0.29) is 11.9 Å². The van der Waals surface area contributed by atoms with Crippen molar-refractivity contribution < 1.29 is 18.5 Å². The van der Waals surface area contributed by atoms with Gasteiger partial charge in [-0.05, 0) is 30.7 Å². The quantitative estimate of drug-likeness (QED) is 0.561. The van der Waals surface area contributed by atoms with E-state index in [1.807, 2.05) is 0 Å². The van der Waals surface area contributed by atoms with E-state index in [0.717, 1.165) is 30.6 Å². The normalized spacial score (nSPS) is 10.0. The van der Waals surface area contributed by atoms with Gasteiger partial charge in [0.05, 0.1) is 18.6 Å². The lowest BCUT2D eigenvalue weighted by atomic mass is 10.2. The molecule has 5 nitrogen and oxygen atoms in total. The van der Waals surface area contributed by atoms with E-state index in [0.29, 0.717) is 24.5 Å². The first-order valence-corrected chi connectivity index (χ1v) is 7.85. The molecular formula is C15H21NO4S. The molecule has 21 heavy (non-hydrogen) atoms. The van der Waals surface area contributed by atoms with Crippen molar-refractivity contribution in [2.24, 2.45) is 0 Å². The van der Waals surface area contributed by atoms with Crippen molar-refractivity contribution in [3.8, 4) is 5.75 Å².